The summed E-state index contributed by atoms with van der Waals surface area (Å²) in [6.45, 7) is 3.50. The van der Waals surface area contributed by atoms with Crippen molar-refractivity contribution in [3.05, 3.63) is 24.3 Å². The van der Waals surface area contributed by atoms with Gasteiger partial charge in [-0.15, -0.1) is 0 Å². The van der Waals surface area contributed by atoms with Gasteiger partial charge in [-0.1, -0.05) is 295 Å². The number of ether oxygens (including phenoxy) is 2. The molecular weight excluding hydrogens is 955 g/mol. The van der Waals surface area contributed by atoms with E-state index in [1.165, 1.54) is 225 Å². The van der Waals surface area contributed by atoms with Crippen molar-refractivity contribution in [3.8, 4) is 0 Å². The van der Waals surface area contributed by atoms with Crippen molar-refractivity contribution in [1.29, 1.82) is 0 Å². The summed E-state index contributed by atoms with van der Waals surface area (Å²) >= 11 is 0. The molecule has 1 aliphatic heterocycles. The third kappa shape index (κ3) is 41.6. The van der Waals surface area contributed by atoms with Gasteiger partial charge in [0.1, 0.15) is 36.6 Å². The zero-order valence-corrected chi connectivity index (χ0v) is 49.5. The standard InChI is InChI=1S/C65H125NO10/c1-3-5-7-9-11-13-15-17-19-21-23-25-27-28-29-31-33-35-37-39-41-43-45-47-49-51-53-58(69)64(74)66-56(55-75-65-63(73)62(72)61(71)59(54-67)76-65)60(70)57(68)52-50-48-46-44-42-40-38-36-34-32-30-26-24-22-20-18-16-14-12-10-8-6-4-2/h23,25,28-29,56-63,65,67-73H,3-22,24,26-27,30-55H2,1-2H3,(H,66,74)/b25-23-,29-28-. The van der Waals surface area contributed by atoms with E-state index in [0.29, 0.717) is 19.3 Å². The summed E-state index contributed by atoms with van der Waals surface area (Å²) in [5, 5.41) is 76.4. The summed E-state index contributed by atoms with van der Waals surface area (Å²) in [4.78, 5) is 13.2. The Hall–Kier alpha value is -1.41. The van der Waals surface area contributed by atoms with Gasteiger partial charge in [0.05, 0.1) is 25.4 Å². The van der Waals surface area contributed by atoms with Crippen LogP contribution in [0.3, 0.4) is 0 Å². The monoisotopic (exact) mass is 1080 g/mol. The summed E-state index contributed by atoms with van der Waals surface area (Å²) in [6, 6.07) is -1.17. The first-order valence-corrected chi connectivity index (χ1v) is 32.7. The molecule has 11 nitrogen and oxygen atoms in total. The van der Waals surface area contributed by atoms with E-state index in [-0.39, 0.29) is 6.42 Å². The second kappa shape index (κ2) is 54.2. The Balaban J connectivity index is 2.25. The van der Waals surface area contributed by atoms with Gasteiger partial charge < -0.3 is 50.5 Å². The van der Waals surface area contributed by atoms with Crippen molar-refractivity contribution in [1.82, 2.24) is 5.32 Å². The van der Waals surface area contributed by atoms with Crippen molar-refractivity contribution >= 4 is 5.91 Å². The van der Waals surface area contributed by atoms with Crippen LogP contribution in [0, 0.1) is 0 Å². The maximum atomic E-state index is 13.2. The quantitative estimate of drug-likeness (QED) is 0.0215. The van der Waals surface area contributed by atoms with Crippen LogP contribution in [0.1, 0.15) is 316 Å². The average molecular weight is 1080 g/mol. The molecule has 450 valence electrons. The summed E-state index contributed by atoms with van der Waals surface area (Å²) in [5.74, 6) is -0.694. The molecule has 9 atom stereocenters. The number of amides is 1. The van der Waals surface area contributed by atoms with Crippen LogP contribution in [0.4, 0.5) is 0 Å². The minimum absolute atomic E-state index is 0.258. The SMILES string of the molecule is CCCCCCCCCCC/C=C\C/C=C\CCCCCCCCCCCCC(O)C(=O)NC(COC1OC(CO)C(O)C(O)C1O)C(O)C(O)CCCCCCCCCCCCCCCCCCCCCCCCC. The van der Waals surface area contributed by atoms with Crippen molar-refractivity contribution in [2.24, 2.45) is 0 Å². The van der Waals surface area contributed by atoms with Crippen LogP contribution in [-0.2, 0) is 14.3 Å². The fourth-order valence-corrected chi connectivity index (χ4v) is 10.7. The van der Waals surface area contributed by atoms with Gasteiger partial charge in [0.15, 0.2) is 6.29 Å². The zero-order valence-electron chi connectivity index (χ0n) is 49.5. The first-order valence-electron chi connectivity index (χ1n) is 32.7. The number of carbonyl (C=O) groups is 1. The Labute approximate surface area is 467 Å². The Kier molecular flexibility index (Phi) is 51.8. The van der Waals surface area contributed by atoms with Gasteiger partial charge in [-0.05, 0) is 44.9 Å². The molecule has 1 amide bonds. The summed E-state index contributed by atoms with van der Waals surface area (Å²) in [5.41, 5.74) is 0. The molecule has 0 aliphatic carbocycles. The Morgan fingerprint density at radius 3 is 1.17 bits per heavy atom. The number of unbranched alkanes of at least 4 members (excludes halogenated alkanes) is 41. The van der Waals surface area contributed by atoms with Gasteiger partial charge in [-0.25, -0.2) is 0 Å². The molecule has 0 bridgehead atoms. The normalized spacial score (nSPS) is 19.7. The minimum atomic E-state index is -1.66. The Bertz CT molecular complexity index is 1280. The van der Waals surface area contributed by atoms with Crippen LogP contribution in [0.25, 0.3) is 0 Å². The molecule has 1 saturated heterocycles. The average Bonchev–Trinajstić information content (AvgIpc) is 3.42. The second-order valence-corrected chi connectivity index (χ2v) is 23.2. The van der Waals surface area contributed by atoms with Gasteiger partial charge in [0.2, 0.25) is 5.91 Å². The Morgan fingerprint density at radius 1 is 0.461 bits per heavy atom. The molecule has 1 rings (SSSR count). The molecule has 1 fully saturated rings. The predicted molar refractivity (Wildman–Crippen MR) is 316 cm³/mol. The van der Waals surface area contributed by atoms with Crippen LogP contribution in [0.5, 0.6) is 0 Å². The first kappa shape index (κ1) is 72.6. The highest BCUT2D eigenvalue weighted by atomic mass is 16.7. The highest BCUT2D eigenvalue weighted by molar-refractivity contribution is 5.80. The van der Waals surface area contributed by atoms with Gasteiger partial charge in [-0.3, -0.25) is 4.79 Å². The largest absolute Gasteiger partial charge is 0.394 e. The van der Waals surface area contributed by atoms with Crippen LogP contribution in [-0.4, -0.2) is 110 Å². The number of nitrogens with one attached hydrogen (secondary N) is 1. The Morgan fingerprint density at radius 2 is 0.803 bits per heavy atom. The van der Waals surface area contributed by atoms with Crippen LogP contribution in [0.2, 0.25) is 0 Å². The van der Waals surface area contributed by atoms with E-state index >= 15 is 0 Å². The number of carbonyl (C=O) groups excluding carboxylic acids is 1. The summed E-state index contributed by atoms with van der Waals surface area (Å²) in [6.07, 6.45) is 55.2. The number of hydrogen-bond acceptors (Lipinski definition) is 10. The number of rotatable bonds is 57. The molecule has 0 saturated carbocycles. The minimum Gasteiger partial charge on any atom is -0.394 e. The highest BCUT2D eigenvalue weighted by Gasteiger charge is 2.44. The third-order valence-electron chi connectivity index (χ3n) is 16.0. The van der Waals surface area contributed by atoms with E-state index < -0.39 is 74.2 Å². The molecular formula is C65H125NO10. The van der Waals surface area contributed by atoms with Crippen LogP contribution >= 0.6 is 0 Å². The molecule has 0 aromatic heterocycles. The molecule has 8 N–H and O–H groups in total. The molecule has 0 aromatic rings. The fraction of sp³-hybridized carbons (Fsp3) is 0.923. The maximum Gasteiger partial charge on any atom is 0.249 e. The lowest BCUT2D eigenvalue weighted by atomic mass is 9.98. The number of aliphatic hydroxyl groups excluding tert-OH is 7. The highest BCUT2D eigenvalue weighted by Crippen LogP contribution is 2.24. The lowest BCUT2D eigenvalue weighted by Gasteiger charge is -2.40. The molecule has 0 spiro atoms. The van der Waals surface area contributed by atoms with E-state index in [1.807, 2.05) is 0 Å². The zero-order chi connectivity index (χ0) is 55.4. The number of aliphatic hydroxyl groups is 7. The molecule has 0 radical (unpaired) electrons. The lowest BCUT2D eigenvalue weighted by Crippen LogP contribution is -2.60. The van der Waals surface area contributed by atoms with Crippen molar-refractivity contribution in [2.75, 3.05) is 13.2 Å². The van der Waals surface area contributed by atoms with Gasteiger partial charge >= 0.3 is 0 Å². The smallest absolute Gasteiger partial charge is 0.249 e. The van der Waals surface area contributed by atoms with Gasteiger partial charge in [-0.2, -0.15) is 0 Å². The van der Waals surface area contributed by atoms with Crippen LogP contribution < -0.4 is 5.32 Å². The number of hydrogen-bond donors (Lipinski definition) is 8. The van der Waals surface area contributed by atoms with E-state index in [2.05, 4.69) is 43.5 Å². The topological polar surface area (TPSA) is 189 Å². The fourth-order valence-electron chi connectivity index (χ4n) is 10.7. The van der Waals surface area contributed by atoms with E-state index in [0.717, 1.165) is 51.4 Å². The van der Waals surface area contributed by atoms with E-state index in [9.17, 15) is 40.5 Å². The van der Waals surface area contributed by atoms with Crippen LogP contribution in [0.15, 0.2) is 24.3 Å². The van der Waals surface area contributed by atoms with Gasteiger partial charge in [0, 0.05) is 0 Å². The van der Waals surface area contributed by atoms with Crippen molar-refractivity contribution in [2.45, 2.75) is 371 Å². The summed E-state index contributed by atoms with van der Waals surface area (Å²) in [7, 11) is 0. The third-order valence-corrected chi connectivity index (χ3v) is 16.0. The van der Waals surface area contributed by atoms with Crippen molar-refractivity contribution < 1.29 is 50.0 Å². The second-order valence-electron chi connectivity index (χ2n) is 23.2. The molecule has 1 heterocycles. The molecule has 11 heteroatoms. The van der Waals surface area contributed by atoms with E-state index in [4.69, 9.17) is 9.47 Å². The van der Waals surface area contributed by atoms with Crippen molar-refractivity contribution in [3.63, 3.8) is 0 Å². The lowest BCUT2D eigenvalue weighted by molar-refractivity contribution is -0.303. The molecule has 0 aromatic carbocycles. The maximum absolute atomic E-state index is 13.2. The predicted octanol–water partition coefficient (Wildman–Crippen LogP) is 14.9. The number of allylic oxidation sites excluding steroid dienone is 4. The molecule has 9 unspecified atom stereocenters. The van der Waals surface area contributed by atoms with Gasteiger partial charge in [0.25, 0.3) is 0 Å². The molecule has 76 heavy (non-hydrogen) atoms. The molecule has 1 aliphatic rings. The van der Waals surface area contributed by atoms with E-state index in [1.54, 1.807) is 0 Å². The summed E-state index contributed by atoms with van der Waals surface area (Å²) < 4.78 is 11.2. The first-order chi connectivity index (χ1) is 37.2.